The average Bonchev–Trinajstić information content (AvgIpc) is 3.27. The normalized spacial score (nSPS) is 15.0. The Balaban J connectivity index is 1.17. The zero-order chi connectivity index (χ0) is 24.3. The van der Waals surface area contributed by atoms with Crippen molar-refractivity contribution in [1.82, 2.24) is 19.4 Å². The molecule has 0 radical (unpaired) electrons. The van der Waals surface area contributed by atoms with E-state index >= 15 is 0 Å². The second-order valence-corrected chi connectivity index (χ2v) is 9.61. The highest BCUT2D eigenvalue weighted by atomic mass is 16.5. The van der Waals surface area contributed by atoms with E-state index in [0.717, 1.165) is 62.9 Å². The van der Waals surface area contributed by atoms with Gasteiger partial charge in [0, 0.05) is 38.3 Å². The number of para-hydroxylation sites is 3. The number of hydrogen-bond donors (Lipinski definition) is 0. The summed E-state index contributed by atoms with van der Waals surface area (Å²) in [6, 6.07) is 32.1. The average molecular weight is 477 g/mol. The van der Waals surface area contributed by atoms with Gasteiger partial charge in [-0.2, -0.15) is 0 Å². The molecule has 0 spiro atoms. The van der Waals surface area contributed by atoms with E-state index in [0.29, 0.717) is 0 Å². The van der Waals surface area contributed by atoms with Gasteiger partial charge in [-0.15, -0.1) is 0 Å². The van der Waals surface area contributed by atoms with Crippen molar-refractivity contribution in [2.75, 3.05) is 33.3 Å². The van der Waals surface area contributed by atoms with Gasteiger partial charge < -0.3 is 9.30 Å². The van der Waals surface area contributed by atoms with Gasteiger partial charge in [-0.1, -0.05) is 72.8 Å². The molecular formula is C31H32N4O. The number of aromatic nitrogens is 2. The van der Waals surface area contributed by atoms with Crippen molar-refractivity contribution in [2.45, 2.75) is 19.6 Å². The molecule has 6 rings (SSSR count). The van der Waals surface area contributed by atoms with E-state index < -0.39 is 0 Å². The number of rotatable bonds is 7. The molecule has 0 atom stereocenters. The van der Waals surface area contributed by atoms with Crippen LogP contribution < -0.4 is 4.74 Å². The van der Waals surface area contributed by atoms with Crippen molar-refractivity contribution in [2.24, 2.45) is 0 Å². The molecule has 0 saturated carbocycles. The summed E-state index contributed by atoms with van der Waals surface area (Å²) in [7, 11) is 1.74. The van der Waals surface area contributed by atoms with Gasteiger partial charge >= 0.3 is 0 Å². The molecule has 0 bridgehead atoms. The summed E-state index contributed by atoms with van der Waals surface area (Å²) in [6.07, 6.45) is 0. The van der Waals surface area contributed by atoms with Crippen LogP contribution >= 0.6 is 0 Å². The highest BCUT2D eigenvalue weighted by Gasteiger charge is 2.21. The summed E-state index contributed by atoms with van der Waals surface area (Å²) in [5.41, 5.74) is 4.81. The lowest BCUT2D eigenvalue weighted by molar-refractivity contribution is 0.119. The molecular weight excluding hydrogens is 444 g/mol. The van der Waals surface area contributed by atoms with E-state index in [1.165, 1.54) is 27.4 Å². The first-order chi connectivity index (χ1) is 17.8. The Morgan fingerprint density at radius 1 is 0.667 bits per heavy atom. The maximum atomic E-state index is 5.63. The fourth-order valence-corrected chi connectivity index (χ4v) is 5.40. The van der Waals surface area contributed by atoms with Crippen LogP contribution in [0.25, 0.3) is 21.8 Å². The van der Waals surface area contributed by atoms with Crippen molar-refractivity contribution in [3.05, 3.63) is 108 Å². The van der Waals surface area contributed by atoms with Gasteiger partial charge in [0.1, 0.15) is 11.6 Å². The molecule has 36 heavy (non-hydrogen) atoms. The summed E-state index contributed by atoms with van der Waals surface area (Å²) in [4.78, 5) is 10.2. The Hall–Kier alpha value is -3.67. The number of hydrogen-bond acceptors (Lipinski definition) is 4. The largest absolute Gasteiger partial charge is 0.496 e. The predicted molar refractivity (Wildman–Crippen MR) is 146 cm³/mol. The van der Waals surface area contributed by atoms with Crippen molar-refractivity contribution >= 4 is 21.8 Å². The summed E-state index contributed by atoms with van der Waals surface area (Å²) in [5, 5.41) is 2.69. The Morgan fingerprint density at radius 2 is 1.33 bits per heavy atom. The maximum absolute atomic E-state index is 5.63. The van der Waals surface area contributed by atoms with Crippen molar-refractivity contribution in [1.29, 1.82) is 0 Å². The first kappa shape index (κ1) is 22.8. The molecule has 4 aromatic carbocycles. The standard InChI is InChI=1S/C31H32N4O/c1-36-30-16-7-3-10-26(30)22-35-29-15-6-5-14-28(29)32-31(35)23-34-19-17-33(18-20-34)21-25-12-8-11-24-9-2-4-13-27(24)25/h2-16H,17-23H2,1H3. The second kappa shape index (κ2) is 10.1. The predicted octanol–water partition coefficient (Wildman–Crippen LogP) is 5.56. The smallest absolute Gasteiger partial charge is 0.124 e. The topological polar surface area (TPSA) is 33.5 Å². The lowest BCUT2D eigenvalue weighted by Gasteiger charge is -2.34. The van der Waals surface area contributed by atoms with Crippen molar-refractivity contribution in [3.8, 4) is 5.75 Å². The summed E-state index contributed by atoms with van der Waals surface area (Å²) in [6.45, 7) is 6.82. The molecule has 0 unspecified atom stereocenters. The molecule has 0 N–H and O–H groups in total. The Labute approximate surface area is 212 Å². The van der Waals surface area contributed by atoms with Gasteiger partial charge in [-0.05, 0) is 34.5 Å². The third-order valence-corrected chi connectivity index (χ3v) is 7.36. The van der Waals surface area contributed by atoms with E-state index in [1.807, 2.05) is 12.1 Å². The molecule has 1 fully saturated rings. The Bertz CT molecular complexity index is 1480. The van der Waals surface area contributed by atoms with Crippen molar-refractivity contribution < 1.29 is 4.74 Å². The van der Waals surface area contributed by atoms with Crippen LogP contribution in [0.2, 0.25) is 0 Å². The van der Waals surface area contributed by atoms with Gasteiger partial charge in [-0.25, -0.2) is 4.98 Å². The number of nitrogens with zero attached hydrogens (tertiary/aromatic N) is 4. The van der Waals surface area contributed by atoms with E-state index in [2.05, 4.69) is 93.2 Å². The van der Waals surface area contributed by atoms with E-state index in [-0.39, 0.29) is 0 Å². The molecule has 1 saturated heterocycles. The van der Waals surface area contributed by atoms with Crippen LogP contribution in [-0.4, -0.2) is 52.6 Å². The van der Waals surface area contributed by atoms with Crippen molar-refractivity contribution in [3.63, 3.8) is 0 Å². The highest BCUT2D eigenvalue weighted by Crippen LogP contribution is 2.25. The fraction of sp³-hybridized carbons (Fsp3) is 0.258. The zero-order valence-electron chi connectivity index (χ0n) is 20.8. The first-order valence-electron chi connectivity index (χ1n) is 12.8. The number of fused-ring (bicyclic) bond motifs is 2. The fourth-order valence-electron chi connectivity index (χ4n) is 5.40. The first-order valence-corrected chi connectivity index (χ1v) is 12.8. The van der Waals surface area contributed by atoms with Gasteiger partial charge in [0.15, 0.2) is 0 Å². The van der Waals surface area contributed by atoms with Crippen LogP contribution in [0.15, 0.2) is 91.0 Å². The summed E-state index contributed by atoms with van der Waals surface area (Å²) in [5.74, 6) is 2.04. The van der Waals surface area contributed by atoms with Crippen LogP contribution in [0.1, 0.15) is 17.0 Å². The minimum atomic E-state index is 0.751. The van der Waals surface area contributed by atoms with Crippen LogP contribution in [0, 0.1) is 0 Å². The molecule has 1 aliphatic heterocycles. The van der Waals surface area contributed by atoms with E-state index in [1.54, 1.807) is 7.11 Å². The monoisotopic (exact) mass is 476 g/mol. The highest BCUT2D eigenvalue weighted by molar-refractivity contribution is 5.85. The zero-order valence-corrected chi connectivity index (χ0v) is 20.8. The Morgan fingerprint density at radius 3 is 2.19 bits per heavy atom. The number of ether oxygens (including phenoxy) is 1. The summed E-state index contributed by atoms with van der Waals surface area (Å²) >= 11 is 0. The van der Waals surface area contributed by atoms with Gasteiger partial charge in [-0.3, -0.25) is 9.80 Å². The number of piperazine rings is 1. The third-order valence-electron chi connectivity index (χ3n) is 7.36. The van der Waals surface area contributed by atoms with Crippen LogP contribution in [0.4, 0.5) is 0 Å². The molecule has 0 aliphatic carbocycles. The molecule has 5 heteroatoms. The SMILES string of the molecule is COc1ccccc1Cn1c(CN2CCN(Cc3cccc4ccccc34)CC2)nc2ccccc21. The quantitative estimate of drug-likeness (QED) is 0.308. The van der Waals surface area contributed by atoms with Crippen LogP contribution in [0.3, 0.4) is 0 Å². The van der Waals surface area contributed by atoms with E-state index in [4.69, 9.17) is 9.72 Å². The molecule has 5 aromatic rings. The molecule has 2 heterocycles. The minimum absolute atomic E-state index is 0.751. The minimum Gasteiger partial charge on any atom is -0.496 e. The maximum Gasteiger partial charge on any atom is 0.124 e. The lowest BCUT2D eigenvalue weighted by Crippen LogP contribution is -2.45. The van der Waals surface area contributed by atoms with Gasteiger partial charge in [0.25, 0.3) is 0 Å². The second-order valence-electron chi connectivity index (χ2n) is 9.61. The molecule has 182 valence electrons. The van der Waals surface area contributed by atoms with E-state index in [9.17, 15) is 0 Å². The molecule has 0 amide bonds. The lowest BCUT2D eigenvalue weighted by atomic mass is 10.0. The van der Waals surface area contributed by atoms with Gasteiger partial charge in [0.2, 0.25) is 0 Å². The number of imidazole rings is 1. The third kappa shape index (κ3) is 4.60. The molecule has 5 nitrogen and oxygen atoms in total. The molecule has 1 aliphatic rings. The Kier molecular flexibility index (Phi) is 6.41. The van der Waals surface area contributed by atoms with Crippen LogP contribution in [0.5, 0.6) is 5.75 Å². The van der Waals surface area contributed by atoms with Crippen LogP contribution in [-0.2, 0) is 19.6 Å². The van der Waals surface area contributed by atoms with Gasteiger partial charge in [0.05, 0.1) is 31.2 Å². The summed E-state index contributed by atoms with van der Waals surface area (Å²) < 4.78 is 7.99. The number of benzene rings is 4. The molecule has 1 aromatic heterocycles. The number of methoxy groups -OCH3 is 1.